The number of carbonyl (C=O) groups is 1. The standard InChI is InChI=1S/C21H28N4O/c1-17-4-3-5-18(14-17)15-25-20(26)6-7-21(25)8-11-24(12-9-21)16-19-22-10-13-23(19)2/h3-5,10,13-14H,6-9,11-12,15-16H2,1-2H3. The van der Waals surface area contributed by atoms with Crippen molar-refractivity contribution in [3.8, 4) is 0 Å². The average molecular weight is 352 g/mol. The Morgan fingerprint density at radius 2 is 1.96 bits per heavy atom. The van der Waals surface area contributed by atoms with E-state index < -0.39 is 0 Å². The summed E-state index contributed by atoms with van der Waals surface area (Å²) in [5.41, 5.74) is 2.56. The van der Waals surface area contributed by atoms with Crippen molar-refractivity contribution in [1.82, 2.24) is 19.4 Å². The highest BCUT2D eigenvalue weighted by atomic mass is 16.2. The van der Waals surface area contributed by atoms with E-state index in [1.165, 1.54) is 11.1 Å². The predicted octanol–water partition coefficient (Wildman–Crippen LogP) is 2.89. The fourth-order valence-corrected chi connectivity index (χ4v) is 4.52. The van der Waals surface area contributed by atoms with Crippen molar-refractivity contribution < 1.29 is 4.79 Å². The molecule has 0 unspecified atom stereocenters. The monoisotopic (exact) mass is 352 g/mol. The number of aryl methyl sites for hydroxylation is 2. The second kappa shape index (κ2) is 6.88. The second-order valence-electron chi connectivity index (χ2n) is 7.92. The van der Waals surface area contributed by atoms with E-state index in [-0.39, 0.29) is 5.54 Å². The molecule has 138 valence electrons. The fraction of sp³-hybridized carbons (Fsp3) is 0.524. The summed E-state index contributed by atoms with van der Waals surface area (Å²) in [6.45, 7) is 5.82. The number of aromatic nitrogens is 2. The number of hydrogen-bond acceptors (Lipinski definition) is 3. The van der Waals surface area contributed by atoms with Gasteiger partial charge in [-0.05, 0) is 31.7 Å². The first kappa shape index (κ1) is 17.3. The maximum atomic E-state index is 12.6. The van der Waals surface area contributed by atoms with Gasteiger partial charge in [0.05, 0.1) is 6.54 Å². The van der Waals surface area contributed by atoms with Crippen molar-refractivity contribution in [1.29, 1.82) is 0 Å². The van der Waals surface area contributed by atoms with E-state index in [0.717, 1.165) is 51.3 Å². The number of hydrogen-bond donors (Lipinski definition) is 0. The first-order chi connectivity index (χ1) is 12.6. The molecule has 2 aliphatic rings. The average Bonchev–Trinajstić information content (AvgIpc) is 3.16. The highest BCUT2D eigenvalue weighted by molar-refractivity contribution is 5.79. The molecule has 0 radical (unpaired) electrons. The summed E-state index contributed by atoms with van der Waals surface area (Å²) in [4.78, 5) is 21.7. The van der Waals surface area contributed by atoms with Crippen LogP contribution in [0.4, 0.5) is 0 Å². The van der Waals surface area contributed by atoms with Crippen LogP contribution in [0, 0.1) is 6.92 Å². The first-order valence-corrected chi connectivity index (χ1v) is 9.60. The van der Waals surface area contributed by atoms with Gasteiger partial charge in [-0.3, -0.25) is 9.69 Å². The van der Waals surface area contributed by atoms with E-state index in [1.54, 1.807) is 0 Å². The summed E-state index contributed by atoms with van der Waals surface area (Å²) >= 11 is 0. The highest BCUT2D eigenvalue weighted by Crippen LogP contribution is 2.40. The molecule has 2 aliphatic heterocycles. The van der Waals surface area contributed by atoms with Crippen LogP contribution >= 0.6 is 0 Å². The minimum Gasteiger partial charge on any atom is -0.337 e. The van der Waals surface area contributed by atoms with Gasteiger partial charge in [0.2, 0.25) is 5.91 Å². The van der Waals surface area contributed by atoms with Gasteiger partial charge in [-0.1, -0.05) is 29.8 Å². The third-order valence-electron chi connectivity index (χ3n) is 6.17. The number of benzene rings is 1. The zero-order valence-electron chi connectivity index (χ0n) is 15.8. The highest BCUT2D eigenvalue weighted by Gasteiger charge is 2.46. The first-order valence-electron chi connectivity index (χ1n) is 9.60. The third-order valence-corrected chi connectivity index (χ3v) is 6.17. The molecule has 2 aromatic rings. The van der Waals surface area contributed by atoms with Gasteiger partial charge in [0.1, 0.15) is 5.82 Å². The van der Waals surface area contributed by atoms with Gasteiger partial charge in [0, 0.05) is 51.0 Å². The van der Waals surface area contributed by atoms with Crippen LogP contribution in [0.3, 0.4) is 0 Å². The van der Waals surface area contributed by atoms with Gasteiger partial charge in [0.25, 0.3) is 0 Å². The summed E-state index contributed by atoms with van der Waals surface area (Å²) in [6, 6.07) is 8.55. The van der Waals surface area contributed by atoms with Crippen LogP contribution < -0.4 is 0 Å². The molecule has 3 heterocycles. The van der Waals surface area contributed by atoms with Crippen molar-refractivity contribution in [2.75, 3.05) is 13.1 Å². The lowest BCUT2D eigenvalue weighted by molar-refractivity contribution is -0.133. The zero-order chi connectivity index (χ0) is 18.1. The van der Waals surface area contributed by atoms with E-state index in [0.29, 0.717) is 12.3 Å². The molecule has 4 rings (SSSR count). The molecular formula is C21H28N4O. The van der Waals surface area contributed by atoms with E-state index in [9.17, 15) is 4.79 Å². The summed E-state index contributed by atoms with van der Waals surface area (Å²) in [5.74, 6) is 1.43. The number of nitrogens with zero attached hydrogens (tertiary/aromatic N) is 4. The number of carbonyl (C=O) groups excluding carboxylic acids is 1. The Morgan fingerprint density at radius 3 is 2.65 bits per heavy atom. The predicted molar refractivity (Wildman–Crippen MR) is 101 cm³/mol. The molecule has 0 bridgehead atoms. The minimum atomic E-state index is 0.0545. The van der Waals surface area contributed by atoms with Crippen LogP contribution in [0.5, 0.6) is 0 Å². The van der Waals surface area contributed by atoms with Gasteiger partial charge in [-0.25, -0.2) is 4.98 Å². The van der Waals surface area contributed by atoms with Crippen LogP contribution in [0.15, 0.2) is 36.7 Å². The van der Waals surface area contributed by atoms with Crippen molar-refractivity contribution in [3.05, 3.63) is 53.6 Å². The molecule has 0 N–H and O–H groups in total. The van der Waals surface area contributed by atoms with Gasteiger partial charge in [-0.15, -0.1) is 0 Å². The lowest BCUT2D eigenvalue weighted by Crippen LogP contribution is -2.52. The van der Waals surface area contributed by atoms with E-state index >= 15 is 0 Å². The van der Waals surface area contributed by atoms with Crippen LogP contribution in [0.25, 0.3) is 0 Å². The Balaban J connectivity index is 1.44. The summed E-state index contributed by atoms with van der Waals surface area (Å²) in [7, 11) is 2.05. The zero-order valence-corrected chi connectivity index (χ0v) is 15.8. The lowest BCUT2D eigenvalue weighted by atomic mass is 9.84. The summed E-state index contributed by atoms with van der Waals surface area (Å²) in [5, 5.41) is 0. The summed E-state index contributed by atoms with van der Waals surface area (Å²) < 4.78 is 2.09. The fourth-order valence-electron chi connectivity index (χ4n) is 4.52. The molecule has 5 nitrogen and oxygen atoms in total. The van der Waals surface area contributed by atoms with Crippen molar-refractivity contribution in [3.63, 3.8) is 0 Å². The van der Waals surface area contributed by atoms with E-state index in [1.807, 2.05) is 19.4 Å². The van der Waals surface area contributed by atoms with Gasteiger partial charge in [0.15, 0.2) is 0 Å². The molecule has 5 heteroatoms. The van der Waals surface area contributed by atoms with E-state index in [4.69, 9.17) is 0 Å². The van der Waals surface area contributed by atoms with Crippen LogP contribution in [-0.2, 0) is 24.9 Å². The number of piperidine rings is 1. The SMILES string of the molecule is Cc1cccc(CN2C(=O)CCC23CCN(Cc2nccn2C)CC3)c1. The van der Waals surface area contributed by atoms with Crippen LogP contribution in [0.2, 0.25) is 0 Å². The number of likely N-dealkylation sites (tertiary alicyclic amines) is 2. The molecule has 1 amide bonds. The molecule has 2 fully saturated rings. The quantitative estimate of drug-likeness (QED) is 0.850. The lowest BCUT2D eigenvalue weighted by Gasteiger charge is -2.45. The normalized spacial score (nSPS) is 20.2. The molecule has 1 aromatic heterocycles. The largest absolute Gasteiger partial charge is 0.337 e. The third kappa shape index (κ3) is 3.28. The number of imidazole rings is 1. The molecular weight excluding hydrogens is 324 g/mol. The van der Waals surface area contributed by atoms with Crippen molar-refractivity contribution >= 4 is 5.91 Å². The molecule has 2 saturated heterocycles. The second-order valence-corrected chi connectivity index (χ2v) is 7.92. The molecule has 26 heavy (non-hydrogen) atoms. The van der Waals surface area contributed by atoms with Crippen molar-refractivity contribution in [2.45, 2.75) is 51.2 Å². The Bertz CT molecular complexity index is 789. The molecule has 0 atom stereocenters. The number of amides is 1. The maximum absolute atomic E-state index is 12.6. The van der Waals surface area contributed by atoms with E-state index in [2.05, 4.69) is 50.5 Å². The van der Waals surface area contributed by atoms with Crippen LogP contribution in [0.1, 0.15) is 42.6 Å². The Hall–Kier alpha value is -2.14. The number of rotatable bonds is 4. The van der Waals surface area contributed by atoms with Gasteiger partial charge < -0.3 is 9.47 Å². The molecule has 1 spiro atoms. The molecule has 0 saturated carbocycles. The summed E-state index contributed by atoms with van der Waals surface area (Å²) in [6.07, 6.45) is 7.70. The Morgan fingerprint density at radius 1 is 1.15 bits per heavy atom. The molecule has 0 aliphatic carbocycles. The smallest absolute Gasteiger partial charge is 0.223 e. The maximum Gasteiger partial charge on any atom is 0.223 e. The van der Waals surface area contributed by atoms with Crippen LogP contribution in [-0.4, -0.2) is 43.9 Å². The minimum absolute atomic E-state index is 0.0545. The molecule has 1 aromatic carbocycles. The van der Waals surface area contributed by atoms with Gasteiger partial charge in [-0.2, -0.15) is 0 Å². The Labute approximate surface area is 155 Å². The van der Waals surface area contributed by atoms with Crippen molar-refractivity contribution in [2.24, 2.45) is 7.05 Å². The Kier molecular flexibility index (Phi) is 4.57. The van der Waals surface area contributed by atoms with Gasteiger partial charge >= 0.3 is 0 Å². The topological polar surface area (TPSA) is 41.4 Å².